The predicted octanol–water partition coefficient (Wildman–Crippen LogP) is 3.13. The minimum Gasteiger partial charge on any atom is -0.452 e. The number of imide groups is 1. The molecule has 0 atom stereocenters. The van der Waals surface area contributed by atoms with Crippen LogP contribution in [-0.4, -0.2) is 30.6 Å². The fourth-order valence-corrected chi connectivity index (χ4v) is 3.24. The summed E-state index contributed by atoms with van der Waals surface area (Å²) in [6.45, 7) is 3.01. The van der Waals surface area contributed by atoms with Crippen molar-refractivity contribution >= 4 is 52.2 Å². The second kappa shape index (κ2) is 9.14. The molecule has 2 heterocycles. The summed E-state index contributed by atoms with van der Waals surface area (Å²) in [7, 11) is 0. The lowest BCUT2D eigenvalue weighted by Crippen LogP contribution is -2.44. The van der Waals surface area contributed by atoms with Crippen LogP contribution in [0.2, 0.25) is 0 Å². The summed E-state index contributed by atoms with van der Waals surface area (Å²) in [5.41, 5.74) is 0.372. The molecule has 2 aromatic rings. The lowest BCUT2D eigenvalue weighted by atomic mass is 10.2. The molecule has 0 aliphatic heterocycles. The quantitative estimate of drug-likeness (QED) is 0.597. The Bertz CT molecular complexity index is 750. The van der Waals surface area contributed by atoms with Gasteiger partial charge in [-0.05, 0) is 42.8 Å². The van der Waals surface area contributed by atoms with E-state index in [4.69, 9.17) is 4.74 Å². The van der Waals surface area contributed by atoms with Gasteiger partial charge in [0.2, 0.25) is 0 Å². The molecule has 0 aliphatic carbocycles. The highest BCUT2D eigenvalue weighted by Crippen LogP contribution is 2.25. The monoisotopic (exact) mass is 378 g/mol. The van der Waals surface area contributed by atoms with Gasteiger partial charge in [0, 0.05) is 15.8 Å². The maximum absolute atomic E-state index is 12.4. The number of rotatable bonds is 6. The Kier molecular flexibility index (Phi) is 6.91. The Hall–Kier alpha value is -2.45. The third-order valence-corrected chi connectivity index (χ3v) is 4.57. The van der Waals surface area contributed by atoms with Gasteiger partial charge in [0.1, 0.15) is 0 Å². The highest BCUT2D eigenvalue weighted by molar-refractivity contribution is 7.12. The normalized spacial score (nSPS) is 11.2. The molecular formula is C17H18N2O4S2. The minimum absolute atomic E-state index is 0.102. The Labute approximate surface area is 153 Å². The first-order valence-corrected chi connectivity index (χ1v) is 9.28. The first kappa shape index (κ1) is 18.9. The third kappa shape index (κ3) is 6.17. The molecule has 132 valence electrons. The molecule has 0 aromatic carbocycles. The van der Waals surface area contributed by atoms with Gasteiger partial charge in [0.25, 0.3) is 5.91 Å². The number of urea groups is 1. The van der Waals surface area contributed by atoms with Crippen LogP contribution in [0.5, 0.6) is 0 Å². The number of hydrogen-bond acceptors (Lipinski definition) is 6. The summed E-state index contributed by atoms with van der Waals surface area (Å²) in [6, 6.07) is 6.68. The number of carbonyl (C=O) groups is 3. The molecule has 0 radical (unpaired) electrons. The van der Waals surface area contributed by atoms with Crippen molar-refractivity contribution in [1.82, 2.24) is 10.6 Å². The van der Waals surface area contributed by atoms with Crippen LogP contribution in [0, 0.1) is 0 Å². The van der Waals surface area contributed by atoms with Gasteiger partial charge < -0.3 is 10.1 Å². The SMILES string of the molecule is CC(C)NC(=O)NC(=O)COC(=O)/C(=C/c1cccs1)c1cccs1. The Morgan fingerprint density at radius 1 is 1.16 bits per heavy atom. The van der Waals surface area contributed by atoms with E-state index in [1.54, 1.807) is 19.9 Å². The molecule has 0 unspecified atom stereocenters. The molecule has 25 heavy (non-hydrogen) atoms. The molecule has 0 spiro atoms. The van der Waals surface area contributed by atoms with E-state index in [-0.39, 0.29) is 6.04 Å². The largest absolute Gasteiger partial charge is 0.452 e. The van der Waals surface area contributed by atoms with Gasteiger partial charge in [0.05, 0.1) is 5.57 Å². The van der Waals surface area contributed by atoms with Gasteiger partial charge in [-0.1, -0.05) is 12.1 Å². The fraction of sp³-hybridized carbons (Fsp3) is 0.235. The van der Waals surface area contributed by atoms with E-state index in [0.29, 0.717) is 5.57 Å². The van der Waals surface area contributed by atoms with Crippen LogP contribution in [-0.2, 0) is 14.3 Å². The minimum atomic E-state index is -0.687. The number of thiophene rings is 2. The topological polar surface area (TPSA) is 84.5 Å². The zero-order valence-corrected chi connectivity index (χ0v) is 15.4. The van der Waals surface area contributed by atoms with Crippen LogP contribution in [0.1, 0.15) is 23.6 Å². The number of carbonyl (C=O) groups excluding carboxylic acids is 3. The zero-order chi connectivity index (χ0) is 18.2. The molecule has 8 heteroatoms. The van der Waals surface area contributed by atoms with E-state index in [1.807, 2.05) is 35.0 Å². The number of nitrogens with one attached hydrogen (secondary N) is 2. The van der Waals surface area contributed by atoms with E-state index >= 15 is 0 Å². The van der Waals surface area contributed by atoms with Crippen molar-refractivity contribution < 1.29 is 19.1 Å². The first-order valence-electron chi connectivity index (χ1n) is 7.52. The lowest BCUT2D eigenvalue weighted by Gasteiger charge is -2.10. The van der Waals surface area contributed by atoms with Crippen LogP contribution in [0.15, 0.2) is 35.0 Å². The van der Waals surface area contributed by atoms with Crippen molar-refractivity contribution in [3.63, 3.8) is 0 Å². The maximum atomic E-state index is 12.4. The van der Waals surface area contributed by atoms with Gasteiger partial charge in [0.15, 0.2) is 6.61 Å². The molecule has 2 aromatic heterocycles. The average Bonchev–Trinajstić information content (AvgIpc) is 3.22. The molecule has 0 bridgehead atoms. The van der Waals surface area contributed by atoms with Crippen LogP contribution < -0.4 is 10.6 Å². The standard InChI is InChI=1S/C17H18N2O4S2/c1-11(2)18-17(22)19-15(20)10-23-16(21)13(14-6-4-8-25-14)9-12-5-3-7-24-12/h3-9,11H,10H2,1-2H3,(H2,18,19,20,22)/b13-9+. The van der Waals surface area contributed by atoms with Crippen LogP contribution >= 0.6 is 22.7 Å². The van der Waals surface area contributed by atoms with Crippen molar-refractivity contribution in [3.8, 4) is 0 Å². The summed E-state index contributed by atoms with van der Waals surface area (Å²) in [6.07, 6.45) is 1.72. The molecule has 0 aliphatic rings. The summed E-state index contributed by atoms with van der Waals surface area (Å²) in [4.78, 5) is 37.2. The summed E-state index contributed by atoms with van der Waals surface area (Å²) in [5, 5.41) is 8.38. The van der Waals surface area contributed by atoms with Gasteiger partial charge in [-0.2, -0.15) is 0 Å². The highest BCUT2D eigenvalue weighted by atomic mass is 32.1. The van der Waals surface area contributed by atoms with E-state index < -0.39 is 24.5 Å². The first-order chi connectivity index (χ1) is 12.0. The molecule has 3 amide bonds. The van der Waals surface area contributed by atoms with Crippen molar-refractivity contribution in [2.24, 2.45) is 0 Å². The van der Waals surface area contributed by atoms with E-state index in [1.165, 1.54) is 22.7 Å². The molecule has 0 saturated heterocycles. The zero-order valence-electron chi connectivity index (χ0n) is 13.8. The van der Waals surface area contributed by atoms with Gasteiger partial charge >= 0.3 is 12.0 Å². The molecule has 0 fully saturated rings. The second-order valence-corrected chi connectivity index (χ2v) is 7.23. The summed E-state index contributed by atoms with van der Waals surface area (Å²) >= 11 is 2.90. The molecule has 2 N–H and O–H groups in total. The summed E-state index contributed by atoms with van der Waals surface area (Å²) in [5.74, 6) is -1.30. The van der Waals surface area contributed by atoms with Crippen LogP contribution in [0.25, 0.3) is 11.6 Å². The molecule has 6 nitrogen and oxygen atoms in total. The second-order valence-electron chi connectivity index (χ2n) is 5.30. The molecular weight excluding hydrogens is 360 g/mol. The number of amides is 3. The highest BCUT2D eigenvalue weighted by Gasteiger charge is 2.17. The van der Waals surface area contributed by atoms with Crippen molar-refractivity contribution in [2.75, 3.05) is 6.61 Å². The van der Waals surface area contributed by atoms with Gasteiger partial charge in [-0.15, -0.1) is 22.7 Å². The third-order valence-electron chi connectivity index (χ3n) is 2.84. The number of ether oxygens (including phenoxy) is 1. The smallest absolute Gasteiger partial charge is 0.340 e. The lowest BCUT2D eigenvalue weighted by molar-refractivity contribution is -0.142. The predicted molar refractivity (Wildman–Crippen MR) is 99.3 cm³/mol. The molecule has 0 saturated carbocycles. The molecule has 2 rings (SSSR count). The van der Waals surface area contributed by atoms with Crippen molar-refractivity contribution in [1.29, 1.82) is 0 Å². The van der Waals surface area contributed by atoms with Crippen LogP contribution in [0.4, 0.5) is 4.79 Å². The van der Waals surface area contributed by atoms with Crippen molar-refractivity contribution in [2.45, 2.75) is 19.9 Å². The summed E-state index contributed by atoms with van der Waals surface area (Å²) < 4.78 is 5.06. The van der Waals surface area contributed by atoms with Gasteiger partial charge in [-0.25, -0.2) is 9.59 Å². The van der Waals surface area contributed by atoms with E-state index in [9.17, 15) is 14.4 Å². The Balaban J connectivity index is 1.99. The van der Waals surface area contributed by atoms with E-state index in [2.05, 4.69) is 10.6 Å². The van der Waals surface area contributed by atoms with E-state index in [0.717, 1.165) is 9.75 Å². The number of hydrogen-bond donors (Lipinski definition) is 2. The van der Waals surface area contributed by atoms with Crippen LogP contribution in [0.3, 0.4) is 0 Å². The fourth-order valence-electron chi connectivity index (χ4n) is 1.85. The average molecular weight is 378 g/mol. The number of esters is 1. The van der Waals surface area contributed by atoms with Crippen molar-refractivity contribution in [3.05, 3.63) is 44.8 Å². The van der Waals surface area contributed by atoms with Gasteiger partial charge in [-0.3, -0.25) is 10.1 Å². The Morgan fingerprint density at radius 2 is 1.88 bits per heavy atom. The Morgan fingerprint density at radius 3 is 2.48 bits per heavy atom. The maximum Gasteiger partial charge on any atom is 0.340 e.